The van der Waals surface area contributed by atoms with Crippen LogP contribution in [0.1, 0.15) is 33.6 Å². The number of nitrogens with one attached hydrogen (secondary N) is 1. The first-order chi connectivity index (χ1) is 8.66. The molecule has 0 aromatic carbocycles. The van der Waals surface area contributed by atoms with Crippen LogP contribution >= 0.6 is 0 Å². The molecule has 0 aromatic heterocycles. The lowest BCUT2D eigenvalue weighted by atomic mass is 10.2. The van der Waals surface area contributed by atoms with Crippen LogP contribution < -0.4 is 5.32 Å². The number of unbranched alkanes of at least 4 members (excludes halogenated alkanes) is 1. The normalized spacial score (nSPS) is 11.3. The van der Waals surface area contributed by atoms with Gasteiger partial charge in [-0.15, -0.1) is 0 Å². The number of rotatable bonds is 6. The first kappa shape index (κ1) is 16.2. The minimum absolute atomic E-state index is 0.0405. The number of hydrogen-bond donors (Lipinski definition) is 1. The third kappa shape index (κ3) is 12.3. The summed E-state index contributed by atoms with van der Waals surface area (Å²) in [6.07, 6.45) is 12.7. The molecule has 0 atom stereocenters. The molecular weight excluding hydrogens is 222 g/mol. The number of hydrogen-bond acceptors (Lipinski definition) is 1. The molecule has 0 unspecified atom stereocenters. The minimum Gasteiger partial charge on any atom is -0.352 e. The zero-order valence-electron chi connectivity index (χ0n) is 11.6. The molecule has 18 heavy (non-hydrogen) atoms. The van der Waals surface area contributed by atoms with Gasteiger partial charge in [0.25, 0.3) is 0 Å². The molecule has 2 nitrogen and oxygen atoms in total. The SMILES string of the molecule is CC=CC#CCC/C=C\C=C\C(=O)NCC(C)C. The van der Waals surface area contributed by atoms with Gasteiger partial charge in [0.15, 0.2) is 0 Å². The number of carbonyl (C=O) groups is 1. The molecule has 1 N–H and O–H groups in total. The molecule has 0 saturated heterocycles. The Bertz CT molecular complexity index is 364. The van der Waals surface area contributed by atoms with E-state index in [0.717, 1.165) is 12.8 Å². The summed E-state index contributed by atoms with van der Waals surface area (Å²) in [4.78, 5) is 11.3. The molecule has 0 radical (unpaired) electrons. The van der Waals surface area contributed by atoms with Gasteiger partial charge in [-0.3, -0.25) is 4.79 Å². The summed E-state index contributed by atoms with van der Waals surface area (Å²) >= 11 is 0. The fourth-order valence-corrected chi connectivity index (χ4v) is 1.05. The molecule has 0 heterocycles. The monoisotopic (exact) mass is 245 g/mol. The third-order valence-corrected chi connectivity index (χ3v) is 1.97. The van der Waals surface area contributed by atoms with E-state index in [-0.39, 0.29) is 5.91 Å². The molecule has 0 rings (SSSR count). The fraction of sp³-hybridized carbons (Fsp3) is 0.438. The largest absolute Gasteiger partial charge is 0.352 e. The molecule has 0 bridgehead atoms. The van der Waals surface area contributed by atoms with Gasteiger partial charge in [-0.05, 0) is 25.3 Å². The maximum atomic E-state index is 11.3. The van der Waals surface area contributed by atoms with Crippen molar-refractivity contribution in [2.45, 2.75) is 33.6 Å². The summed E-state index contributed by atoms with van der Waals surface area (Å²) in [7, 11) is 0. The summed E-state index contributed by atoms with van der Waals surface area (Å²) in [6, 6.07) is 0. The van der Waals surface area contributed by atoms with E-state index < -0.39 is 0 Å². The van der Waals surface area contributed by atoms with E-state index in [1.807, 2.05) is 31.2 Å². The van der Waals surface area contributed by atoms with Crippen LogP contribution in [0.4, 0.5) is 0 Å². The summed E-state index contributed by atoms with van der Waals surface area (Å²) in [5.41, 5.74) is 0. The Kier molecular flexibility index (Phi) is 10.6. The first-order valence-corrected chi connectivity index (χ1v) is 6.37. The van der Waals surface area contributed by atoms with Crippen LogP contribution in [-0.2, 0) is 4.79 Å². The molecular formula is C16H23NO. The lowest BCUT2D eigenvalue weighted by Gasteiger charge is -2.03. The Hall–Kier alpha value is -1.75. The van der Waals surface area contributed by atoms with Crippen molar-refractivity contribution in [1.82, 2.24) is 5.32 Å². The van der Waals surface area contributed by atoms with Crippen molar-refractivity contribution >= 4 is 5.91 Å². The van der Waals surface area contributed by atoms with Gasteiger partial charge in [-0.1, -0.05) is 50.0 Å². The fourth-order valence-electron chi connectivity index (χ4n) is 1.05. The van der Waals surface area contributed by atoms with Crippen molar-refractivity contribution in [2.75, 3.05) is 6.54 Å². The van der Waals surface area contributed by atoms with E-state index in [9.17, 15) is 4.79 Å². The van der Waals surface area contributed by atoms with Crippen LogP contribution in [0, 0.1) is 17.8 Å². The number of amides is 1. The lowest BCUT2D eigenvalue weighted by Crippen LogP contribution is -2.25. The molecule has 1 amide bonds. The molecule has 0 aliphatic heterocycles. The maximum Gasteiger partial charge on any atom is 0.243 e. The highest BCUT2D eigenvalue weighted by Crippen LogP contribution is 1.90. The third-order valence-electron chi connectivity index (χ3n) is 1.97. The molecule has 0 aliphatic rings. The first-order valence-electron chi connectivity index (χ1n) is 6.37. The second kappa shape index (κ2) is 11.7. The van der Waals surface area contributed by atoms with Crippen molar-refractivity contribution in [3.05, 3.63) is 36.5 Å². The van der Waals surface area contributed by atoms with Crippen LogP contribution in [0.15, 0.2) is 36.5 Å². The average Bonchev–Trinajstić information content (AvgIpc) is 2.34. The van der Waals surface area contributed by atoms with E-state index in [4.69, 9.17) is 0 Å². The second-order valence-electron chi connectivity index (χ2n) is 4.29. The van der Waals surface area contributed by atoms with Crippen molar-refractivity contribution in [3.63, 3.8) is 0 Å². The molecule has 0 aliphatic carbocycles. The highest BCUT2D eigenvalue weighted by molar-refractivity contribution is 5.87. The highest BCUT2D eigenvalue weighted by Gasteiger charge is 1.95. The smallest absolute Gasteiger partial charge is 0.243 e. The van der Waals surface area contributed by atoms with Crippen molar-refractivity contribution in [2.24, 2.45) is 5.92 Å². The Balaban J connectivity index is 3.69. The van der Waals surface area contributed by atoms with Gasteiger partial charge in [0, 0.05) is 19.0 Å². The van der Waals surface area contributed by atoms with Crippen LogP contribution in [0.5, 0.6) is 0 Å². The van der Waals surface area contributed by atoms with Gasteiger partial charge in [0.1, 0.15) is 0 Å². The molecule has 0 saturated carbocycles. The molecule has 0 spiro atoms. The van der Waals surface area contributed by atoms with Crippen LogP contribution in [0.2, 0.25) is 0 Å². The van der Waals surface area contributed by atoms with Crippen LogP contribution in [-0.4, -0.2) is 12.5 Å². The summed E-state index contributed by atoms with van der Waals surface area (Å²) < 4.78 is 0. The topological polar surface area (TPSA) is 29.1 Å². The van der Waals surface area contributed by atoms with Crippen molar-refractivity contribution in [1.29, 1.82) is 0 Å². The van der Waals surface area contributed by atoms with E-state index in [1.165, 1.54) is 0 Å². The molecule has 98 valence electrons. The zero-order valence-corrected chi connectivity index (χ0v) is 11.6. The molecule has 2 heteroatoms. The standard InChI is InChI=1S/C16H23NO/c1-4-5-6-7-8-9-10-11-12-13-16(18)17-14-15(2)3/h4-5,10-13,15H,8-9,14H2,1-3H3,(H,17,18)/b5-4?,11-10-,13-12+. The van der Waals surface area contributed by atoms with E-state index in [1.54, 1.807) is 12.2 Å². The van der Waals surface area contributed by atoms with E-state index >= 15 is 0 Å². The summed E-state index contributed by atoms with van der Waals surface area (Å²) in [6.45, 7) is 6.80. The van der Waals surface area contributed by atoms with E-state index in [0.29, 0.717) is 12.5 Å². The Morgan fingerprint density at radius 2 is 2.11 bits per heavy atom. The van der Waals surface area contributed by atoms with E-state index in [2.05, 4.69) is 31.0 Å². The predicted octanol–water partition coefficient (Wildman–Crippen LogP) is 3.23. The Morgan fingerprint density at radius 1 is 1.33 bits per heavy atom. The van der Waals surface area contributed by atoms with Gasteiger partial charge < -0.3 is 5.32 Å². The minimum atomic E-state index is -0.0405. The molecule has 0 fully saturated rings. The van der Waals surface area contributed by atoms with Crippen LogP contribution in [0.3, 0.4) is 0 Å². The van der Waals surface area contributed by atoms with Gasteiger partial charge in [-0.25, -0.2) is 0 Å². The average molecular weight is 245 g/mol. The van der Waals surface area contributed by atoms with Crippen molar-refractivity contribution in [3.8, 4) is 11.8 Å². The van der Waals surface area contributed by atoms with Crippen LogP contribution in [0.25, 0.3) is 0 Å². The number of carbonyl (C=O) groups excluding carboxylic acids is 1. The summed E-state index contributed by atoms with van der Waals surface area (Å²) in [5.74, 6) is 6.39. The highest BCUT2D eigenvalue weighted by atomic mass is 16.1. The van der Waals surface area contributed by atoms with Gasteiger partial charge >= 0.3 is 0 Å². The lowest BCUT2D eigenvalue weighted by molar-refractivity contribution is -0.116. The number of allylic oxidation sites excluding steroid dienone is 5. The van der Waals surface area contributed by atoms with Crippen molar-refractivity contribution < 1.29 is 4.79 Å². The molecule has 0 aromatic rings. The Labute approximate surface area is 111 Å². The maximum absolute atomic E-state index is 11.3. The zero-order chi connectivity index (χ0) is 13.6. The summed E-state index contributed by atoms with van der Waals surface area (Å²) in [5, 5.41) is 2.82. The van der Waals surface area contributed by atoms with Gasteiger partial charge in [-0.2, -0.15) is 0 Å². The van der Waals surface area contributed by atoms with Gasteiger partial charge in [0.2, 0.25) is 5.91 Å². The Morgan fingerprint density at radius 3 is 2.78 bits per heavy atom. The quantitative estimate of drug-likeness (QED) is 0.331. The predicted molar refractivity (Wildman–Crippen MR) is 78.0 cm³/mol. The van der Waals surface area contributed by atoms with Gasteiger partial charge in [0.05, 0.1) is 0 Å². The second-order valence-corrected chi connectivity index (χ2v) is 4.29.